The Morgan fingerprint density at radius 1 is 1.47 bits per heavy atom. The molecule has 1 amide bonds. The second-order valence-electron chi connectivity index (χ2n) is 4.78. The summed E-state index contributed by atoms with van der Waals surface area (Å²) < 4.78 is 5.58. The SMILES string of the molecule is CN1C(=O)CCOc2ccc(C3CC3N)cc21. The monoisotopic (exact) mass is 232 g/mol. The molecule has 0 bridgehead atoms. The van der Waals surface area contributed by atoms with Gasteiger partial charge in [0.2, 0.25) is 5.91 Å². The molecule has 1 aliphatic heterocycles. The maximum atomic E-state index is 11.8. The van der Waals surface area contributed by atoms with Crippen LogP contribution in [0.25, 0.3) is 0 Å². The van der Waals surface area contributed by atoms with Crippen LogP contribution in [0.3, 0.4) is 0 Å². The van der Waals surface area contributed by atoms with Crippen molar-refractivity contribution in [2.75, 3.05) is 18.6 Å². The lowest BCUT2D eigenvalue weighted by atomic mass is 10.1. The average Bonchev–Trinajstić information content (AvgIpc) is 3.06. The molecule has 2 atom stereocenters. The second-order valence-corrected chi connectivity index (χ2v) is 4.78. The van der Waals surface area contributed by atoms with Crippen LogP contribution >= 0.6 is 0 Å². The van der Waals surface area contributed by atoms with Gasteiger partial charge in [-0.05, 0) is 24.1 Å². The fourth-order valence-corrected chi connectivity index (χ4v) is 2.30. The summed E-state index contributed by atoms with van der Waals surface area (Å²) in [6.07, 6.45) is 1.47. The molecule has 4 heteroatoms. The third-order valence-corrected chi connectivity index (χ3v) is 3.56. The van der Waals surface area contributed by atoms with Gasteiger partial charge < -0.3 is 15.4 Å². The first-order valence-corrected chi connectivity index (χ1v) is 5.95. The zero-order chi connectivity index (χ0) is 12.0. The van der Waals surface area contributed by atoms with Crippen molar-refractivity contribution < 1.29 is 9.53 Å². The number of rotatable bonds is 1. The van der Waals surface area contributed by atoms with Crippen LogP contribution in [0, 0.1) is 0 Å². The minimum Gasteiger partial charge on any atom is -0.491 e. The van der Waals surface area contributed by atoms with E-state index in [1.807, 2.05) is 12.1 Å². The van der Waals surface area contributed by atoms with Gasteiger partial charge in [0.25, 0.3) is 0 Å². The van der Waals surface area contributed by atoms with Gasteiger partial charge in [-0.3, -0.25) is 4.79 Å². The molecule has 1 heterocycles. The number of carbonyl (C=O) groups excluding carboxylic acids is 1. The number of nitrogens with two attached hydrogens (primary N) is 1. The van der Waals surface area contributed by atoms with Gasteiger partial charge in [-0.15, -0.1) is 0 Å². The largest absolute Gasteiger partial charge is 0.491 e. The molecule has 0 aromatic heterocycles. The molecular formula is C13H16N2O2. The lowest BCUT2D eigenvalue weighted by Gasteiger charge is -2.17. The molecule has 17 heavy (non-hydrogen) atoms. The topological polar surface area (TPSA) is 55.6 Å². The zero-order valence-corrected chi connectivity index (χ0v) is 9.85. The van der Waals surface area contributed by atoms with Gasteiger partial charge in [0.15, 0.2) is 0 Å². The molecule has 3 rings (SSSR count). The molecule has 0 radical (unpaired) electrons. The minimum absolute atomic E-state index is 0.0981. The highest BCUT2D eigenvalue weighted by atomic mass is 16.5. The molecule has 1 fully saturated rings. The van der Waals surface area contributed by atoms with Crippen molar-refractivity contribution in [2.45, 2.75) is 24.8 Å². The Labute approximate surface area is 100 Å². The van der Waals surface area contributed by atoms with Crippen molar-refractivity contribution >= 4 is 11.6 Å². The van der Waals surface area contributed by atoms with Gasteiger partial charge in [-0.25, -0.2) is 0 Å². The second kappa shape index (κ2) is 3.74. The maximum Gasteiger partial charge on any atom is 0.230 e. The molecule has 2 N–H and O–H groups in total. The smallest absolute Gasteiger partial charge is 0.230 e. The van der Waals surface area contributed by atoms with Crippen molar-refractivity contribution in [2.24, 2.45) is 5.73 Å². The summed E-state index contributed by atoms with van der Waals surface area (Å²) in [7, 11) is 1.80. The van der Waals surface area contributed by atoms with Crippen molar-refractivity contribution in [1.82, 2.24) is 0 Å². The highest BCUT2D eigenvalue weighted by Crippen LogP contribution is 2.42. The quantitative estimate of drug-likeness (QED) is 0.792. The van der Waals surface area contributed by atoms with Crippen LogP contribution in [0.2, 0.25) is 0 Å². The Kier molecular flexibility index (Phi) is 2.33. The normalized spacial score (nSPS) is 27.2. The zero-order valence-electron chi connectivity index (χ0n) is 9.85. The first-order valence-electron chi connectivity index (χ1n) is 5.95. The third kappa shape index (κ3) is 1.78. The number of benzene rings is 1. The lowest BCUT2D eigenvalue weighted by molar-refractivity contribution is -0.118. The molecule has 1 aromatic carbocycles. The number of carbonyl (C=O) groups is 1. The van der Waals surface area contributed by atoms with E-state index in [0.717, 1.165) is 17.9 Å². The Morgan fingerprint density at radius 3 is 2.94 bits per heavy atom. The molecular weight excluding hydrogens is 216 g/mol. The Balaban J connectivity index is 1.99. The summed E-state index contributed by atoms with van der Waals surface area (Å²) in [5, 5.41) is 0. The number of anilines is 1. The number of ether oxygens (including phenoxy) is 1. The predicted octanol–water partition coefficient (Wildman–Crippen LogP) is 1.25. The summed E-state index contributed by atoms with van der Waals surface area (Å²) >= 11 is 0. The minimum atomic E-state index is 0.0981. The van der Waals surface area contributed by atoms with Crippen LogP contribution in [0.15, 0.2) is 18.2 Å². The fraction of sp³-hybridized carbons (Fsp3) is 0.462. The molecule has 0 saturated heterocycles. The number of fused-ring (bicyclic) bond motifs is 1. The van der Waals surface area contributed by atoms with Crippen molar-refractivity contribution in [3.8, 4) is 5.75 Å². The molecule has 4 nitrogen and oxygen atoms in total. The number of hydrogen-bond acceptors (Lipinski definition) is 3. The van der Waals surface area contributed by atoms with Gasteiger partial charge >= 0.3 is 0 Å². The highest BCUT2D eigenvalue weighted by Gasteiger charge is 2.35. The Hall–Kier alpha value is -1.55. The van der Waals surface area contributed by atoms with E-state index in [2.05, 4.69) is 6.07 Å². The van der Waals surface area contributed by atoms with Gasteiger partial charge in [-0.1, -0.05) is 6.07 Å². The molecule has 2 aliphatic rings. The van der Waals surface area contributed by atoms with Crippen LogP contribution < -0.4 is 15.4 Å². The summed E-state index contributed by atoms with van der Waals surface area (Å²) in [4.78, 5) is 13.4. The van der Waals surface area contributed by atoms with E-state index in [9.17, 15) is 4.79 Å². The highest BCUT2D eigenvalue weighted by molar-refractivity contribution is 5.95. The van der Waals surface area contributed by atoms with Crippen LogP contribution in [-0.2, 0) is 4.79 Å². The lowest BCUT2D eigenvalue weighted by Crippen LogP contribution is -2.25. The van der Waals surface area contributed by atoms with E-state index in [4.69, 9.17) is 10.5 Å². The number of nitrogens with zero attached hydrogens (tertiary/aromatic N) is 1. The predicted molar refractivity (Wildman–Crippen MR) is 65.3 cm³/mol. The van der Waals surface area contributed by atoms with Crippen LogP contribution in [0.5, 0.6) is 5.75 Å². The van der Waals surface area contributed by atoms with Crippen molar-refractivity contribution in [3.63, 3.8) is 0 Å². The van der Waals surface area contributed by atoms with E-state index >= 15 is 0 Å². The fourth-order valence-electron chi connectivity index (χ4n) is 2.30. The maximum absolute atomic E-state index is 11.8. The van der Waals surface area contributed by atoms with Crippen molar-refractivity contribution in [3.05, 3.63) is 23.8 Å². The third-order valence-electron chi connectivity index (χ3n) is 3.56. The first kappa shape index (κ1) is 10.6. The molecule has 1 saturated carbocycles. The van der Waals surface area contributed by atoms with Gasteiger partial charge in [-0.2, -0.15) is 0 Å². The van der Waals surface area contributed by atoms with Gasteiger partial charge in [0.1, 0.15) is 5.75 Å². The van der Waals surface area contributed by atoms with Gasteiger partial charge in [0.05, 0.1) is 18.7 Å². The molecule has 2 unspecified atom stereocenters. The molecule has 90 valence electrons. The van der Waals surface area contributed by atoms with E-state index in [0.29, 0.717) is 18.9 Å². The van der Waals surface area contributed by atoms with Crippen LogP contribution in [0.1, 0.15) is 24.3 Å². The molecule has 0 spiro atoms. The van der Waals surface area contributed by atoms with Crippen molar-refractivity contribution in [1.29, 1.82) is 0 Å². The van der Waals surface area contributed by atoms with E-state index in [1.54, 1.807) is 11.9 Å². The summed E-state index contributed by atoms with van der Waals surface area (Å²) in [5.74, 6) is 1.34. The Morgan fingerprint density at radius 2 is 2.24 bits per heavy atom. The van der Waals surface area contributed by atoms with E-state index < -0.39 is 0 Å². The Bertz CT molecular complexity index is 472. The summed E-state index contributed by atoms with van der Waals surface area (Å²) in [6, 6.07) is 6.32. The van der Waals surface area contributed by atoms with Gasteiger partial charge in [0, 0.05) is 19.0 Å². The van der Waals surface area contributed by atoms with E-state index in [-0.39, 0.29) is 11.9 Å². The number of hydrogen-bond donors (Lipinski definition) is 1. The molecule has 1 aliphatic carbocycles. The summed E-state index contributed by atoms with van der Waals surface area (Å²) in [6.45, 7) is 0.457. The number of amides is 1. The standard InChI is InChI=1S/C13H16N2O2/c1-15-11-6-8(9-7-10(9)14)2-3-12(11)17-5-4-13(15)16/h2-3,6,9-10H,4-5,7,14H2,1H3. The van der Waals surface area contributed by atoms with Crippen LogP contribution in [0.4, 0.5) is 5.69 Å². The van der Waals surface area contributed by atoms with E-state index in [1.165, 1.54) is 5.56 Å². The first-order chi connectivity index (χ1) is 8.16. The van der Waals surface area contributed by atoms with Crippen LogP contribution in [-0.4, -0.2) is 25.6 Å². The summed E-state index contributed by atoms with van der Waals surface area (Å²) in [5.41, 5.74) is 7.93. The average molecular weight is 232 g/mol. The molecule has 1 aromatic rings.